The van der Waals surface area contributed by atoms with Gasteiger partial charge in [0.05, 0.1) is 0 Å². The third kappa shape index (κ3) is 5.62. The molecule has 3 rings (SSSR count). The van der Waals surface area contributed by atoms with Gasteiger partial charge >= 0.3 is 0 Å². The van der Waals surface area contributed by atoms with Crippen molar-refractivity contribution in [1.29, 1.82) is 5.41 Å². The van der Waals surface area contributed by atoms with Crippen LogP contribution in [0.5, 0.6) is 0 Å². The molecule has 0 fully saturated rings. The van der Waals surface area contributed by atoms with Crippen LogP contribution in [-0.4, -0.2) is 22.0 Å². The van der Waals surface area contributed by atoms with Gasteiger partial charge in [0.1, 0.15) is 5.65 Å². The lowest BCUT2D eigenvalue weighted by molar-refractivity contribution is -0.111. The number of fused-ring (bicyclic) bond motifs is 1. The zero-order valence-electron chi connectivity index (χ0n) is 19.4. The number of aromatic amines is 1. The van der Waals surface area contributed by atoms with E-state index in [2.05, 4.69) is 28.3 Å². The summed E-state index contributed by atoms with van der Waals surface area (Å²) in [7, 11) is 0. The Kier molecular flexibility index (Phi) is 7.91. The van der Waals surface area contributed by atoms with Gasteiger partial charge in [-0.05, 0) is 84.7 Å². The number of benzene rings is 1. The summed E-state index contributed by atoms with van der Waals surface area (Å²) in [5, 5.41) is 8.49. The number of ketones is 1. The summed E-state index contributed by atoms with van der Waals surface area (Å²) in [6.07, 6.45) is 11.1. The number of nitrogens with zero attached hydrogens (tertiary/aromatic N) is 1. The average molecular weight is 436 g/mol. The van der Waals surface area contributed by atoms with Crippen molar-refractivity contribution in [2.75, 3.05) is 0 Å². The highest BCUT2D eigenvalue weighted by Crippen LogP contribution is 2.25. The molecule has 4 nitrogen and oxygen atoms in total. The van der Waals surface area contributed by atoms with Crippen LogP contribution in [-0.2, 0) is 4.79 Å². The summed E-state index contributed by atoms with van der Waals surface area (Å²) >= 11 is 0. The van der Waals surface area contributed by atoms with E-state index in [0.29, 0.717) is 12.0 Å². The number of carbonyl (C=O) groups is 1. The fourth-order valence-electron chi connectivity index (χ4n) is 3.72. The number of hydrogen-bond acceptors (Lipinski definition) is 3. The van der Waals surface area contributed by atoms with E-state index in [-0.39, 0.29) is 5.78 Å². The van der Waals surface area contributed by atoms with Crippen LogP contribution >= 0.6 is 0 Å². The molecule has 0 amide bonds. The molecule has 0 saturated carbocycles. The zero-order valence-corrected chi connectivity index (χ0v) is 19.4. The second-order valence-corrected chi connectivity index (χ2v) is 7.69. The van der Waals surface area contributed by atoms with E-state index < -0.39 is 0 Å². The van der Waals surface area contributed by atoms with Gasteiger partial charge in [-0.15, -0.1) is 5.73 Å². The Morgan fingerprint density at radius 1 is 1.21 bits per heavy atom. The van der Waals surface area contributed by atoms with Gasteiger partial charge in [0.25, 0.3) is 0 Å². The Balaban J connectivity index is 1.89. The molecule has 0 aliphatic heterocycles. The minimum Gasteiger partial charge on any atom is -0.339 e. The standard InChI is InChI=1S/C29H29N3O/c1-5-8-23(7-3)20(4)26(15-16-30)28(33)14-11-22-17-25-18-27(32-29(25)31-19-22)24-12-9-21(6-2)10-13-24/h5-6,9-14,16-19,30H,2,7,15H2,1,3-4H3,(H,31,32)/b14-11+,26-20+,30-16?. The Hall–Kier alpha value is -4.01. The average Bonchev–Trinajstić information content (AvgIpc) is 3.27. The maximum Gasteiger partial charge on any atom is 0.182 e. The van der Waals surface area contributed by atoms with Crippen molar-refractivity contribution in [1.82, 2.24) is 9.97 Å². The van der Waals surface area contributed by atoms with Gasteiger partial charge in [-0.1, -0.05) is 43.8 Å². The van der Waals surface area contributed by atoms with Gasteiger partial charge in [0, 0.05) is 29.3 Å². The molecule has 0 saturated heterocycles. The summed E-state index contributed by atoms with van der Waals surface area (Å²) in [6, 6.07) is 12.2. The van der Waals surface area contributed by atoms with Crippen LogP contribution in [0.4, 0.5) is 0 Å². The predicted octanol–water partition coefficient (Wildman–Crippen LogP) is 7.32. The summed E-state index contributed by atoms with van der Waals surface area (Å²) in [5.41, 5.74) is 10.5. The highest BCUT2D eigenvalue weighted by molar-refractivity contribution is 6.08. The maximum atomic E-state index is 12.9. The molecular weight excluding hydrogens is 406 g/mol. The van der Waals surface area contributed by atoms with Crippen LogP contribution in [0.15, 0.2) is 83.8 Å². The second kappa shape index (κ2) is 11.0. The van der Waals surface area contributed by atoms with Gasteiger partial charge in [-0.25, -0.2) is 4.98 Å². The van der Waals surface area contributed by atoms with E-state index in [4.69, 9.17) is 5.41 Å². The third-order valence-corrected chi connectivity index (χ3v) is 5.56. The normalized spacial score (nSPS) is 11.7. The number of pyridine rings is 1. The van der Waals surface area contributed by atoms with Gasteiger partial charge < -0.3 is 10.4 Å². The molecule has 0 radical (unpaired) electrons. The van der Waals surface area contributed by atoms with Crippen molar-refractivity contribution in [3.8, 4) is 11.3 Å². The van der Waals surface area contributed by atoms with Gasteiger partial charge in [-0.2, -0.15) is 0 Å². The summed E-state index contributed by atoms with van der Waals surface area (Å²) in [5.74, 6) is -0.1000. The molecule has 2 heterocycles. The molecule has 0 aliphatic carbocycles. The minimum atomic E-state index is -0.1000. The quantitative estimate of drug-likeness (QED) is 0.160. The van der Waals surface area contributed by atoms with Gasteiger partial charge in [0.15, 0.2) is 5.78 Å². The molecule has 166 valence electrons. The number of rotatable bonds is 9. The first-order chi connectivity index (χ1) is 16.0. The molecule has 2 N–H and O–H groups in total. The van der Waals surface area contributed by atoms with E-state index in [1.807, 2.05) is 63.3 Å². The molecule has 33 heavy (non-hydrogen) atoms. The molecule has 0 aliphatic rings. The van der Waals surface area contributed by atoms with Crippen LogP contribution in [0.1, 0.15) is 44.7 Å². The van der Waals surface area contributed by atoms with Crippen molar-refractivity contribution in [2.45, 2.75) is 33.6 Å². The lowest BCUT2D eigenvalue weighted by Crippen LogP contribution is -2.04. The highest BCUT2D eigenvalue weighted by atomic mass is 16.1. The molecule has 3 aromatic rings. The maximum absolute atomic E-state index is 12.9. The van der Waals surface area contributed by atoms with Crippen molar-refractivity contribution >= 4 is 35.2 Å². The van der Waals surface area contributed by atoms with Crippen LogP contribution in [0.25, 0.3) is 34.4 Å². The molecule has 0 atom stereocenters. The Labute approximate surface area is 195 Å². The Morgan fingerprint density at radius 2 is 1.97 bits per heavy atom. The van der Waals surface area contributed by atoms with E-state index in [0.717, 1.165) is 51.0 Å². The summed E-state index contributed by atoms with van der Waals surface area (Å²) in [6.45, 7) is 9.67. The number of H-pyrrole nitrogens is 1. The summed E-state index contributed by atoms with van der Waals surface area (Å²) < 4.78 is 0. The number of carbonyl (C=O) groups excluding carboxylic acids is 1. The number of aromatic nitrogens is 2. The largest absolute Gasteiger partial charge is 0.339 e. The Morgan fingerprint density at radius 3 is 2.61 bits per heavy atom. The molecule has 0 spiro atoms. The molecule has 1 aromatic carbocycles. The minimum absolute atomic E-state index is 0.1000. The lowest BCUT2D eigenvalue weighted by atomic mass is 9.95. The number of hydrogen-bond donors (Lipinski definition) is 2. The third-order valence-electron chi connectivity index (χ3n) is 5.56. The first kappa shape index (κ1) is 23.6. The van der Waals surface area contributed by atoms with E-state index >= 15 is 0 Å². The summed E-state index contributed by atoms with van der Waals surface area (Å²) in [4.78, 5) is 20.8. The van der Waals surface area contributed by atoms with Gasteiger partial charge in [0.2, 0.25) is 0 Å². The van der Waals surface area contributed by atoms with Crippen molar-refractivity contribution in [3.05, 3.63) is 94.9 Å². The Bertz CT molecular complexity index is 1310. The topological polar surface area (TPSA) is 69.6 Å². The molecular formula is C29H29N3O. The predicted molar refractivity (Wildman–Crippen MR) is 139 cm³/mol. The molecule has 0 unspecified atom stereocenters. The van der Waals surface area contributed by atoms with Crippen LogP contribution < -0.4 is 0 Å². The molecule has 4 heteroatoms. The van der Waals surface area contributed by atoms with Crippen molar-refractivity contribution in [3.63, 3.8) is 0 Å². The van der Waals surface area contributed by atoms with Crippen LogP contribution in [0.3, 0.4) is 0 Å². The van der Waals surface area contributed by atoms with E-state index in [9.17, 15) is 4.79 Å². The zero-order chi connectivity index (χ0) is 23.8. The van der Waals surface area contributed by atoms with Crippen LogP contribution in [0.2, 0.25) is 0 Å². The molecule has 0 bridgehead atoms. The number of allylic oxidation sites excluding steroid dienone is 4. The van der Waals surface area contributed by atoms with Gasteiger partial charge in [-0.3, -0.25) is 4.79 Å². The van der Waals surface area contributed by atoms with Crippen LogP contribution in [0, 0.1) is 5.41 Å². The van der Waals surface area contributed by atoms with E-state index in [1.54, 1.807) is 18.3 Å². The smallest absolute Gasteiger partial charge is 0.182 e. The highest BCUT2D eigenvalue weighted by Gasteiger charge is 2.12. The first-order valence-electron chi connectivity index (χ1n) is 11.0. The second-order valence-electron chi connectivity index (χ2n) is 7.69. The SMILES string of the molecule is C=Cc1ccc(-c2cc3cc(/C=C/C(=O)/C(CC=N)=C(\C)C(=C=CC)CC)cnc3[nH]2)cc1. The monoisotopic (exact) mass is 435 g/mol. The van der Waals surface area contributed by atoms with Crippen molar-refractivity contribution in [2.24, 2.45) is 0 Å². The fourth-order valence-corrected chi connectivity index (χ4v) is 3.72. The lowest BCUT2D eigenvalue weighted by Gasteiger charge is -2.09. The first-order valence-corrected chi connectivity index (χ1v) is 11.0. The fraction of sp³-hybridized carbons (Fsp3) is 0.172. The molecule has 2 aromatic heterocycles. The van der Waals surface area contributed by atoms with Crippen molar-refractivity contribution < 1.29 is 4.79 Å². The van der Waals surface area contributed by atoms with E-state index in [1.165, 1.54) is 6.21 Å². The number of nitrogens with one attached hydrogen (secondary N) is 2.